The third-order valence-electron chi connectivity index (χ3n) is 3.10. The first-order chi connectivity index (χ1) is 9.37. The number of hydrogen-bond donors (Lipinski definition) is 3. The van der Waals surface area contributed by atoms with Crippen molar-refractivity contribution < 1.29 is 14.4 Å². The second-order valence-corrected chi connectivity index (χ2v) is 7.07. The Kier molecular flexibility index (Phi) is 2.95. The molecule has 20 heavy (non-hydrogen) atoms. The second kappa shape index (κ2) is 4.43. The summed E-state index contributed by atoms with van der Waals surface area (Å²) in [6, 6.07) is 11.5. The Morgan fingerprint density at radius 2 is 1.80 bits per heavy atom. The molecule has 0 spiro atoms. The van der Waals surface area contributed by atoms with E-state index in [1.807, 2.05) is 42.5 Å². The van der Waals surface area contributed by atoms with E-state index in [-0.39, 0.29) is 0 Å². The average Bonchev–Trinajstić information content (AvgIpc) is 2.35. The van der Waals surface area contributed by atoms with Crippen molar-refractivity contribution in [2.24, 2.45) is 0 Å². The van der Waals surface area contributed by atoms with Crippen LogP contribution >= 0.6 is 0 Å². The van der Waals surface area contributed by atoms with Crippen molar-refractivity contribution in [3.8, 4) is 0 Å². The topological polar surface area (TPSA) is 69.6 Å². The number of hydrogen-bond acceptors (Lipinski definition) is 3. The minimum atomic E-state index is -2.86. The van der Waals surface area contributed by atoms with Gasteiger partial charge >= 0.3 is 0 Å². The van der Waals surface area contributed by atoms with E-state index >= 15 is 0 Å². The Labute approximate surface area is 117 Å². The normalized spacial score (nSPS) is 21.6. The van der Waals surface area contributed by atoms with E-state index in [9.17, 15) is 14.4 Å². The summed E-state index contributed by atoms with van der Waals surface area (Å²) in [4.78, 5) is 0.563. The monoisotopic (exact) mass is 289 g/mol. The van der Waals surface area contributed by atoms with Gasteiger partial charge < -0.3 is 10.2 Å². The van der Waals surface area contributed by atoms with Gasteiger partial charge in [0.2, 0.25) is 5.91 Å². The Morgan fingerprint density at radius 3 is 2.45 bits per heavy atom. The zero-order valence-electron chi connectivity index (χ0n) is 10.9. The van der Waals surface area contributed by atoms with E-state index in [0.29, 0.717) is 4.90 Å². The summed E-state index contributed by atoms with van der Waals surface area (Å²) in [6.45, 7) is 1.15. The van der Waals surface area contributed by atoms with Crippen LogP contribution in [0.5, 0.6) is 0 Å². The highest BCUT2D eigenvalue weighted by atomic mass is 32.2. The van der Waals surface area contributed by atoms with E-state index in [1.165, 1.54) is 5.37 Å². The molecule has 0 bridgehead atoms. The summed E-state index contributed by atoms with van der Waals surface area (Å²) >= 11 is 0. The number of fused-ring (bicyclic) bond motifs is 2. The minimum absolute atomic E-state index is 0.563. The van der Waals surface area contributed by atoms with Crippen LogP contribution < -0.4 is 4.72 Å². The first-order valence-corrected chi connectivity index (χ1v) is 7.82. The fourth-order valence-corrected chi connectivity index (χ4v) is 4.31. The van der Waals surface area contributed by atoms with Gasteiger partial charge in [0, 0.05) is 12.3 Å². The molecule has 1 aliphatic heterocycles. The number of rotatable bonds is 2. The van der Waals surface area contributed by atoms with Gasteiger partial charge in [0.1, 0.15) is 0 Å². The molecule has 0 aliphatic carbocycles. The van der Waals surface area contributed by atoms with Gasteiger partial charge in [-0.15, -0.1) is 0 Å². The lowest BCUT2D eigenvalue weighted by Crippen LogP contribution is -2.46. The van der Waals surface area contributed by atoms with E-state index in [1.54, 1.807) is 6.08 Å². The Bertz CT molecular complexity index is 825. The predicted octanol–water partition coefficient (Wildman–Crippen LogP) is 1.48. The third kappa shape index (κ3) is 2.36. The maximum atomic E-state index is 12.9. The average molecular weight is 289 g/mol. The molecule has 2 aromatic carbocycles. The summed E-state index contributed by atoms with van der Waals surface area (Å²) < 4.78 is 15.3. The quantitative estimate of drug-likeness (QED) is 0.579. The first kappa shape index (κ1) is 13.3. The van der Waals surface area contributed by atoms with Gasteiger partial charge in [-0.05, 0) is 28.5 Å². The van der Waals surface area contributed by atoms with Crippen molar-refractivity contribution in [1.82, 2.24) is 4.72 Å². The maximum absolute atomic E-state index is 12.9. The van der Waals surface area contributed by atoms with Crippen molar-refractivity contribution in [1.29, 1.82) is 0 Å². The zero-order chi connectivity index (χ0) is 14.4. The summed E-state index contributed by atoms with van der Waals surface area (Å²) in [7, 11) is -2.86. The molecule has 1 heterocycles. The lowest BCUT2D eigenvalue weighted by Gasteiger charge is -2.24. The van der Waals surface area contributed by atoms with Crippen LogP contribution in [0.15, 0.2) is 47.4 Å². The van der Waals surface area contributed by atoms with E-state index in [0.717, 1.165) is 23.3 Å². The number of benzene rings is 2. The van der Waals surface area contributed by atoms with Crippen molar-refractivity contribution in [3.63, 3.8) is 0 Å². The van der Waals surface area contributed by atoms with Crippen LogP contribution in [0.1, 0.15) is 12.5 Å². The van der Waals surface area contributed by atoms with Crippen LogP contribution in [0.3, 0.4) is 0 Å². The molecule has 3 rings (SSSR count). The second-order valence-electron chi connectivity index (χ2n) is 4.96. The Hall–Kier alpha value is -1.66. The number of allylic oxidation sites excluding steroid dienone is 1. The summed E-state index contributed by atoms with van der Waals surface area (Å²) in [5.41, 5.74) is 0.813. The third-order valence-corrected chi connectivity index (χ3v) is 5.33. The van der Waals surface area contributed by atoms with Crippen LogP contribution in [0, 0.1) is 0 Å². The standard InChI is InChI=1S/C15H15NO3S/c1-15(17,18)16-20(19)8-4-7-13-9-11-5-2-3-6-12(11)10-14(13)20/h2-10,17-18H,1H3,(H,16,19). The molecule has 0 fully saturated rings. The predicted molar refractivity (Wildman–Crippen MR) is 81.4 cm³/mol. The lowest BCUT2D eigenvalue weighted by molar-refractivity contribution is -0.151. The molecule has 1 unspecified atom stereocenters. The van der Waals surface area contributed by atoms with Gasteiger partial charge in [0.05, 0.1) is 14.6 Å². The number of aliphatic hydroxyl groups is 2. The van der Waals surface area contributed by atoms with Gasteiger partial charge in [-0.3, -0.25) is 0 Å². The highest BCUT2D eigenvalue weighted by Gasteiger charge is 2.25. The Balaban J connectivity index is 2.25. The molecular weight excluding hydrogens is 274 g/mol. The zero-order valence-corrected chi connectivity index (χ0v) is 11.7. The SMILES string of the molecule is CC(O)(O)NS1(=O)=CC=Cc2cc3ccccc3cc21. The van der Waals surface area contributed by atoms with E-state index < -0.39 is 15.6 Å². The van der Waals surface area contributed by atoms with E-state index in [4.69, 9.17) is 0 Å². The van der Waals surface area contributed by atoms with Crippen molar-refractivity contribution in [3.05, 3.63) is 48.0 Å². The molecular formula is C15H15NO3S. The van der Waals surface area contributed by atoms with Crippen molar-refractivity contribution in [2.45, 2.75) is 17.7 Å². The lowest BCUT2D eigenvalue weighted by atomic mass is 10.1. The molecule has 5 heteroatoms. The number of nitrogens with one attached hydrogen (secondary N) is 1. The molecule has 0 amide bonds. The van der Waals surface area contributed by atoms with Crippen LogP contribution in [0.25, 0.3) is 16.8 Å². The van der Waals surface area contributed by atoms with Gasteiger partial charge in [-0.2, -0.15) is 4.72 Å². The van der Waals surface area contributed by atoms with E-state index in [2.05, 4.69) is 4.72 Å². The van der Waals surface area contributed by atoms with Gasteiger partial charge in [-0.1, -0.05) is 36.4 Å². The molecule has 1 aliphatic rings. The molecule has 104 valence electrons. The first-order valence-electron chi connectivity index (χ1n) is 6.20. The molecule has 0 aromatic heterocycles. The summed E-state index contributed by atoms with van der Waals surface area (Å²) in [5, 5.41) is 22.5. The minimum Gasteiger partial charge on any atom is -0.353 e. The highest BCUT2D eigenvalue weighted by molar-refractivity contribution is 8.00. The van der Waals surface area contributed by atoms with Crippen LogP contribution in [-0.4, -0.2) is 25.7 Å². The summed E-state index contributed by atoms with van der Waals surface area (Å²) in [5.74, 6) is -2.21. The fraction of sp³-hybridized carbons (Fsp3) is 0.133. The van der Waals surface area contributed by atoms with Crippen LogP contribution in [-0.2, 0) is 9.71 Å². The molecule has 2 aromatic rings. The molecule has 3 N–H and O–H groups in total. The van der Waals surface area contributed by atoms with Crippen LogP contribution in [0.4, 0.5) is 0 Å². The maximum Gasteiger partial charge on any atom is 0.230 e. The highest BCUT2D eigenvalue weighted by Crippen LogP contribution is 2.27. The molecule has 0 saturated heterocycles. The fourth-order valence-electron chi connectivity index (χ4n) is 2.33. The van der Waals surface area contributed by atoms with Gasteiger partial charge in [0.25, 0.3) is 0 Å². The van der Waals surface area contributed by atoms with Crippen LogP contribution in [0.2, 0.25) is 0 Å². The van der Waals surface area contributed by atoms with Crippen molar-refractivity contribution in [2.75, 3.05) is 0 Å². The Morgan fingerprint density at radius 1 is 1.15 bits per heavy atom. The molecule has 0 radical (unpaired) electrons. The molecule has 1 atom stereocenters. The van der Waals surface area contributed by atoms with Gasteiger partial charge in [0.15, 0.2) is 0 Å². The smallest absolute Gasteiger partial charge is 0.230 e. The largest absolute Gasteiger partial charge is 0.353 e. The van der Waals surface area contributed by atoms with Gasteiger partial charge in [-0.25, -0.2) is 4.21 Å². The van der Waals surface area contributed by atoms with Crippen molar-refractivity contribution >= 4 is 31.9 Å². The summed E-state index contributed by atoms with van der Waals surface area (Å²) in [6.07, 6.45) is 3.52. The molecule has 4 nitrogen and oxygen atoms in total. The molecule has 0 saturated carbocycles.